The zero-order valence-electron chi connectivity index (χ0n) is 9.68. The summed E-state index contributed by atoms with van der Waals surface area (Å²) < 4.78 is 0. The van der Waals surface area contributed by atoms with Crippen molar-refractivity contribution < 1.29 is 5.11 Å². The van der Waals surface area contributed by atoms with Crippen molar-refractivity contribution in [1.29, 1.82) is 0 Å². The summed E-state index contributed by atoms with van der Waals surface area (Å²) in [6.45, 7) is 11.8. The molecule has 0 amide bonds. The third-order valence-electron chi connectivity index (χ3n) is 2.36. The first-order valence-corrected chi connectivity index (χ1v) is 5.58. The Morgan fingerprint density at radius 3 is 2.36 bits per heavy atom. The first-order valence-electron chi connectivity index (χ1n) is 5.58. The minimum Gasteiger partial charge on any atom is -0.388 e. The molecule has 0 fully saturated rings. The van der Waals surface area contributed by atoms with E-state index in [1.807, 2.05) is 6.92 Å². The van der Waals surface area contributed by atoms with E-state index in [9.17, 15) is 5.11 Å². The molecule has 1 unspecified atom stereocenters. The molecule has 1 N–H and O–H groups in total. The first-order chi connectivity index (χ1) is 6.57. The van der Waals surface area contributed by atoms with E-state index in [-0.39, 0.29) is 6.10 Å². The first kappa shape index (κ1) is 13.4. The van der Waals surface area contributed by atoms with Crippen molar-refractivity contribution in [2.75, 3.05) is 0 Å². The lowest BCUT2D eigenvalue weighted by Gasteiger charge is -2.13. The molecule has 0 rings (SSSR count). The molecule has 0 aliphatic heterocycles. The maximum Gasteiger partial charge on any atom is 0.0784 e. The lowest BCUT2D eigenvalue weighted by atomic mass is 9.99. The van der Waals surface area contributed by atoms with E-state index in [4.69, 9.17) is 0 Å². The summed E-state index contributed by atoms with van der Waals surface area (Å²) in [6.07, 6.45) is 6.16. The Balaban J connectivity index is 3.57. The number of aliphatic hydroxyl groups is 1. The summed E-state index contributed by atoms with van der Waals surface area (Å²) in [5.74, 6) is 0. The van der Waals surface area contributed by atoms with E-state index in [1.165, 1.54) is 19.3 Å². The molecule has 0 aliphatic carbocycles. The molecule has 1 atom stereocenters. The van der Waals surface area contributed by atoms with Crippen molar-refractivity contribution in [3.05, 3.63) is 24.3 Å². The second-order valence-electron chi connectivity index (χ2n) is 4.15. The predicted molar refractivity (Wildman–Crippen MR) is 63.3 cm³/mol. The lowest BCUT2D eigenvalue weighted by Crippen LogP contribution is -2.09. The van der Waals surface area contributed by atoms with Gasteiger partial charge < -0.3 is 5.11 Å². The maximum atomic E-state index is 9.68. The standard InChI is InChI=1S/C13H24O/c1-5-6-7-8-9-12(4)13(14)10-11(2)3/h13-14H,2,4-10H2,1,3H3. The van der Waals surface area contributed by atoms with Crippen molar-refractivity contribution in [2.45, 2.75) is 58.5 Å². The maximum absolute atomic E-state index is 9.68. The van der Waals surface area contributed by atoms with Crippen molar-refractivity contribution in [2.24, 2.45) is 0 Å². The minimum absolute atomic E-state index is 0.380. The van der Waals surface area contributed by atoms with Gasteiger partial charge in [-0.05, 0) is 31.8 Å². The smallest absolute Gasteiger partial charge is 0.0784 e. The van der Waals surface area contributed by atoms with Crippen LogP contribution in [0.25, 0.3) is 0 Å². The van der Waals surface area contributed by atoms with Gasteiger partial charge in [0.1, 0.15) is 0 Å². The Hall–Kier alpha value is -0.560. The Morgan fingerprint density at radius 2 is 1.86 bits per heavy atom. The average molecular weight is 196 g/mol. The van der Waals surface area contributed by atoms with Gasteiger partial charge in [0, 0.05) is 0 Å². The Kier molecular flexibility index (Phi) is 7.50. The molecular formula is C13H24O. The molecule has 0 aromatic rings. The van der Waals surface area contributed by atoms with Gasteiger partial charge in [0.25, 0.3) is 0 Å². The van der Waals surface area contributed by atoms with Gasteiger partial charge in [-0.2, -0.15) is 0 Å². The second-order valence-corrected chi connectivity index (χ2v) is 4.15. The van der Waals surface area contributed by atoms with Crippen molar-refractivity contribution >= 4 is 0 Å². The zero-order valence-corrected chi connectivity index (χ0v) is 9.68. The molecule has 0 bridgehead atoms. The summed E-state index contributed by atoms with van der Waals surface area (Å²) in [4.78, 5) is 0. The Morgan fingerprint density at radius 1 is 1.21 bits per heavy atom. The van der Waals surface area contributed by atoms with Crippen LogP contribution in [-0.2, 0) is 0 Å². The van der Waals surface area contributed by atoms with E-state index < -0.39 is 0 Å². The number of hydrogen-bond acceptors (Lipinski definition) is 1. The third-order valence-corrected chi connectivity index (χ3v) is 2.36. The van der Waals surface area contributed by atoms with Gasteiger partial charge in [-0.3, -0.25) is 0 Å². The van der Waals surface area contributed by atoms with Gasteiger partial charge >= 0.3 is 0 Å². The third kappa shape index (κ3) is 6.90. The van der Waals surface area contributed by atoms with E-state index in [0.29, 0.717) is 6.42 Å². The lowest BCUT2D eigenvalue weighted by molar-refractivity contribution is 0.207. The number of hydrogen-bond donors (Lipinski definition) is 1. The van der Waals surface area contributed by atoms with Gasteiger partial charge in [0.2, 0.25) is 0 Å². The molecule has 0 aromatic carbocycles. The number of aliphatic hydroxyl groups excluding tert-OH is 1. The molecule has 0 heterocycles. The van der Waals surface area contributed by atoms with Crippen LogP contribution in [-0.4, -0.2) is 11.2 Å². The van der Waals surface area contributed by atoms with Crippen LogP contribution in [0.5, 0.6) is 0 Å². The molecule has 0 aliphatic rings. The molecule has 0 radical (unpaired) electrons. The molecule has 0 aromatic heterocycles. The average Bonchev–Trinajstić information content (AvgIpc) is 2.11. The van der Waals surface area contributed by atoms with Crippen LogP contribution < -0.4 is 0 Å². The van der Waals surface area contributed by atoms with Crippen LogP contribution in [0.2, 0.25) is 0 Å². The molecule has 0 spiro atoms. The highest BCUT2D eigenvalue weighted by Gasteiger charge is 2.07. The molecule has 14 heavy (non-hydrogen) atoms. The van der Waals surface area contributed by atoms with Gasteiger partial charge in [-0.1, -0.05) is 38.3 Å². The Labute approximate surface area is 88.5 Å². The summed E-state index contributed by atoms with van der Waals surface area (Å²) in [5, 5.41) is 9.68. The summed E-state index contributed by atoms with van der Waals surface area (Å²) in [6, 6.07) is 0. The summed E-state index contributed by atoms with van der Waals surface area (Å²) in [5.41, 5.74) is 1.98. The normalized spacial score (nSPS) is 12.5. The summed E-state index contributed by atoms with van der Waals surface area (Å²) >= 11 is 0. The molecule has 0 saturated heterocycles. The van der Waals surface area contributed by atoms with Gasteiger partial charge in [-0.25, -0.2) is 0 Å². The largest absolute Gasteiger partial charge is 0.388 e. The van der Waals surface area contributed by atoms with Gasteiger partial charge in [0.15, 0.2) is 0 Å². The number of unbranched alkanes of at least 4 members (excludes halogenated alkanes) is 3. The van der Waals surface area contributed by atoms with Gasteiger partial charge in [-0.15, -0.1) is 6.58 Å². The van der Waals surface area contributed by atoms with Crippen LogP contribution in [0.4, 0.5) is 0 Å². The highest BCUT2D eigenvalue weighted by atomic mass is 16.3. The monoisotopic (exact) mass is 196 g/mol. The van der Waals surface area contributed by atoms with Crippen LogP contribution in [0.15, 0.2) is 24.3 Å². The van der Waals surface area contributed by atoms with Crippen molar-refractivity contribution in [1.82, 2.24) is 0 Å². The highest BCUT2D eigenvalue weighted by molar-refractivity contribution is 5.06. The SMILES string of the molecule is C=C(C)CC(O)C(=C)CCCCCC. The predicted octanol–water partition coefficient (Wildman–Crippen LogP) is 3.84. The van der Waals surface area contributed by atoms with Crippen LogP contribution in [0.3, 0.4) is 0 Å². The fraction of sp³-hybridized carbons (Fsp3) is 0.692. The van der Waals surface area contributed by atoms with Crippen molar-refractivity contribution in [3.63, 3.8) is 0 Å². The molecule has 1 heteroatoms. The molecule has 82 valence electrons. The molecule has 1 nitrogen and oxygen atoms in total. The van der Waals surface area contributed by atoms with E-state index in [2.05, 4.69) is 20.1 Å². The minimum atomic E-state index is -0.380. The van der Waals surface area contributed by atoms with Crippen LogP contribution in [0, 0.1) is 0 Å². The van der Waals surface area contributed by atoms with Crippen molar-refractivity contribution in [3.8, 4) is 0 Å². The van der Waals surface area contributed by atoms with Crippen LogP contribution in [0.1, 0.15) is 52.4 Å². The fourth-order valence-corrected chi connectivity index (χ4v) is 1.42. The summed E-state index contributed by atoms with van der Waals surface area (Å²) in [7, 11) is 0. The quantitative estimate of drug-likeness (QED) is 0.462. The number of rotatable bonds is 8. The second kappa shape index (κ2) is 7.81. The fourth-order valence-electron chi connectivity index (χ4n) is 1.42. The van der Waals surface area contributed by atoms with E-state index >= 15 is 0 Å². The Bertz CT molecular complexity index is 182. The topological polar surface area (TPSA) is 20.2 Å². The van der Waals surface area contributed by atoms with E-state index in [0.717, 1.165) is 24.0 Å². The highest BCUT2D eigenvalue weighted by Crippen LogP contribution is 2.16. The van der Waals surface area contributed by atoms with Crippen LogP contribution >= 0.6 is 0 Å². The molecule has 0 saturated carbocycles. The van der Waals surface area contributed by atoms with Gasteiger partial charge in [0.05, 0.1) is 6.10 Å². The zero-order chi connectivity index (χ0) is 11.0. The molecular weight excluding hydrogens is 172 g/mol. The van der Waals surface area contributed by atoms with E-state index in [1.54, 1.807) is 0 Å².